The lowest BCUT2D eigenvalue weighted by molar-refractivity contribution is -0.139. The van der Waals surface area contributed by atoms with E-state index in [-0.39, 0.29) is 29.6 Å². The number of ether oxygens (including phenoxy) is 2. The monoisotopic (exact) mass is 1110 g/mol. The van der Waals surface area contributed by atoms with Crippen LogP contribution in [-0.4, -0.2) is 103 Å². The van der Waals surface area contributed by atoms with Crippen molar-refractivity contribution in [3.8, 4) is 0 Å². The van der Waals surface area contributed by atoms with E-state index in [4.69, 9.17) is 4.74 Å². The number of hydrogen-bond acceptors (Lipinski definition) is 15. The van der Waals surface area contributed by atoms with Crippen molar-refractivity contribution in [2.75, 3.05) is 78.8 Å². The predicted molar refractivity (Wildman–Crippen MR) is 299 cm³/mol. The number of methoxy groups -OCH3 is 2. The van der Waals surface area contributed by atoms with Gasteiger partial charge in [-0.2, -0.15) is 0 Å². The number of aliphatic hydroxyl groups is 1. The smallest absolute Gasteiger partial charge is 0.309 e. The molecule has 1 aliphatic carbocycles. The van der Waals surface area contributed by atoms with Gasteiger partial charge in [-0.3, -0.25) is 14.4 Å². The molecule has 0 bridgehead atoms. The highest BCUT2D eigenvalue weighted by atomic mass is 79.9. The third-order valence-corrected chi connectivity index (χ3v) is 16.3. The van der Waals surface area contributed by atoms with Gasteiger partial charge in [-0.15, -0.1) is 20.4 Å². The molecule has 10 rings (SSSR count). The maximum atomic E-state index is 12.9. The third-order valence-electron chi connectivity index (χ3n) is 13.8. The van der Waals surface area contributed by atoms with Gasteiger partial charge in [0, 0.05) is 86.2 Å². The molecule has 3 aliphatic heterocycles. The molecule has 15 nitrogen and oxygen atoms in total. The van der Waals surface area contributed by atoms with Crippen LogP contribution >= 0.6 is 38.6 Å². The van der Waals surface area contributed by atoms with Crippen LogP contribution in [0.4, 0.5) is 27.3 Å². The fourth-order valence-electron chi connectivity index (χ4n) is 9.94. The summed E-state index contributed by atoms with van der Waals surface area (Å²) in [5.41, 5.74) is 7.73. The molecule has 3 saturated heterocycles. The minimum atomic E-state index is -0.700. The zero-order chi connectivity index (χ0) is 51.7. The summed E-state index contributed by atoms with van der Waals surface area (Å²) in [6.45, 7) is 6.62. The number of carbonyl (C=O) groups is 3. The number of nitrogens with one attached hydrogen (secondary N) is 2. The van der Waals surface area contributed by atoms with Gasteiger partial charge in [-0.05, 0) is 129 Å². The van der Waals surface area contributed by atoms with Gasteiger partial charge < -0.3 is 39.9 Å². The summed E-state index contributed by atoms with van der Waals surface area (Å²) in [6.07, 6.45) is 12.3. The number of benzene rings is 4. The molecule has 18 heteroatoms. The Morgan fingerprint density at radius 3 is 1.45 bits per heavy atom. The molecule has 2 aromatic heterocycles. The molecule has 3 atom stereocenters. The Kier molecular flexibility index (Phi) is 20.4. The Morgan fingerprint density at radius 1 is 0.595 bits per heavy atom. The Labute approximate surface area is 451 Å². The quantitative estimate of drug-likeness (QED) is 0.0617. The highest BCUT2D eigenvalue weighted by molar-refractivity contribution is 9.10. The first-order valence-electron chi connectivity index (χ1n) is 25.9. The number of nitrogens with zero attached hydrogens (tertiary/aromatic N) is 7. The molecule has 2 amide bonds. The van der Waals surface area contributed by atoms with E-state index in [1.54, 1.807) is 0 Å². The molecule has 3 N–H and O–H groups in total. The van der Waals surface area contributed by atoms with Crippen molar-refractivity contribution in [1.82, 2.24) is 20.4 Å². The number of aromatic nitrogens is 4. The van der Waals surface area contributed by atoms with E-state index >= 15 is 0 Å². The van der Waals surface area contributed by atoms with E-state index in [1.807, 2.05) is 60.7 Å². The van der Waals surface area contributed by atoms with Crippen LogP contribution in [0.2, 0.25) is 0 Å². The molecule has 0 radical (unpaired) electrons. The average molecular weight is 1110 g/mol. The van der Waals surface area contributed by atoms with Gasteiger partial charge in [-0.1, -0.05) is 93.6 Å². The Morgan fingerprint density at radius 2 is 1.01 bits per heavy atom. The largest absolute Gasteiger partial charge is 0.469 e. The number of hydrogen-bond donors (Lipinski definition) is 3. The summed E-state index contributed by atoms with van der Waals surface area (Å²) in [7, 11) is 2.91. The number of esters is 1. The lowest BCUT2D eigenvalue weighted by Crippen LogP contribution is -2.18. The standard InChI is InChI=1S/C34H40N8O2S2.C13H19NO2.C9H9BrO2/c43-29(20-23-8-5-12-27(18-23)41-14-1-2-15-41)35-33-39-37-31(45-33)25-10-7-11-26(22-25)32-38-40-34(46-32)36-30(44)21-24-9-6-13-28(19-24)42-16-3-4-17-42;1-16-13(15)10-11-5-4-6-12(9-11)14-7-2-3-8-14;1-12-9(11)6-7-3-2-4-8(10)5-7/h5-6,8-9,12-13,18-19,25-26H,1-4,7,10-11,14-17,20-22H2,(H,35,39,43)(H,36,40,44);4-6,9,13,15H,2-3,7-8,10H2,1H3;2-5H,6H2,1H3/t25-,26-;;/m0../s1. The van der Waals surface area contributed by atoms with Crippen LogP contribution < -0.4 is 25.3 Å². The fraction of sp³-hybridized carbons (Fsp3) is 0.446. The van der Waals surface area contributed by atoms with Gasteiger partial charge in [0.25, 0.3) is 0 Å². The van der Waals surface area contributed by atoms with E-state index in [9.17, 15) is 19.5 Å². The molecule has 5 heterocycles. The minimum absolute atomic E-state index is 0.0782. The molecule has 392 valence electrons. The second kappa shape index (κ2) is 27.7. The number of amides is 2. The molecule has 1 saturated carbocycles. The van der Waals surface area contributed by atoms with E-state index in [1.165, 1.54) is 92.5 Å². The van der Waals surface area contributed by atoms with Crippen LogP contribution in [0.25, 0.3) is 0 Å². The fourth-order valence-corrected chi connectivity index (χ4v) is 12.2. The van der Waals surface area contributed by atoms with Crippen molar-refractivity contribution in [3.63, 3.8) is 0 Å². The summed E-state index contributed by atoms with van der Waals surface area (Å²) < 4.78 is 10.4. The van der Waals surface area contributed by atoms with E-state index < -0.39 is 6.29 Å². The van der Waals surface area contributed by atoms with Gasteiger partial charge in [0.1, 0.15) is 10.0 Å². The van der Waals surface area contributed by atoms with E-state index in [2.05, 4.69) is 103 Å². The zero-order valence-electron chi connectivity index (χ0n) is 42.4. The van der Waals surface area contributed by atoms with Gasteiger partial charge in [0.2, 0.25) is 22.1 Å². The highest BCUT2D eigenvalue weighted by Gasteiger charge is 2.30. The van der Waals surface area contributed by atoms with Crippen LogP contribution in [-0.2, 0) is 49.5 Å². The van der Waals surface area contributed by atoms with Crippen molar-refractivity contribution in [2.45, 2.75) is 108 Å². The Bertz CT molecular complexity index is 2640. The first kappa shape index (κ1) is 54.5. The lowest BCUT2D eigenvalue weighted by Gasteiger charge is -2.25. The summed E-state index contributed by atoms with van der Waals surface area (Å²) in [6, 6.07) is 32.5. The van der Waals surface area contributed by atoms with Gasteiger partial charge >= 0.3 is 5.97 Å². The molecule has 4 aromatic carbocycles. The molecule has 0 spiro atoms. The van der Waals surface area contributed by atoms with Crippen molar-refractivity contribution < 1.29 is 29.0 Å². The second-order valence-electron chi connectivity index (χ2n) is 19.3. The highest BCUT2D eigenvalue weighted by Crippen LogP contribution is 2.43. The number of anilines is 5. The first-order valence-corrected chi connectivity index (χ1v) is 28.3. The summed E-state index contributed by atoms with van der Waals surface area (Å²) in [5, 5.41) is 35.9. The van der Waals surface area contributed by atoms with Crippen LogP contribution in [0.5, 0.6) is 0 Å². The van der Waals surface area contributed by atoms with Crippen LogP contribution in [0.1, 0.15) is 108 Å². The summed E-state index contributed by atoms with van der Waals surface area (Å²) in [5.74, 6) is 0.136. The van der Waals surface area contributed by atoms with Gasteiger partial charge in [0.15, 0.2) is 6.29 Å². The van der Waals surface area contributed by atoms with Crippen molar-refractivity contribution >= 4 is 83.7 Å². The summed E-state index contributed by atoms with van der Waals surface area (Å²) in [4.78, 5) is 43.7. The average Bonchev–Trinajstić information content (AvgIpc) is 4.28. The Hall–Kier alpha value is -5.79. The van der Waals surface area contributed by atoms with Crippen LogP contribution in [0, 0.1) is 0 Å². The zero-order valence-corrected chi connectivity index (χ0v) is 45.6. The van der Waals surface area contributed by atoms with E-state index in [0.29, 0.717) is 35.9 Å². The van der Waals surface area contributed by atoms with E-state index in [0.717, 1.165) is 102 Å². The SMILES string of the molecule is COC(=O)Cc1cccc(Br)c1.COC(O)Cc1cccc(N2CCCC2)c1.O=C(Cc1cccc(N2CCCC2)c1)Nc1nnc([C@H]2CCC[C@H](c3nnc(NC(=O)Cc4cccc(N5CCCC5)c4)s3)C2)s1. The van der Waals surface area contributed by atoms with Crippen LogP contribution in [0.3, 0.4) is 0 Å². The number of carbonyl (C=O) groups excluding carboxylic acids is 3. The molecule has 4 fully saturated rings. The van der Waals surface area contributed by atoms with Gasteiger partial charge in [-0.25, -0.2) is 0 Å². The van der Waals surface area contributed by atoms with Crippen molar-refractivity contribution in [2.24, 2.45) is 0 Å². The molecule has 4 aliphatic rings. The predicted octanol–water partition coefficient (Wildman–Crippen LogP) is 10.4. The van der Waals surface area contributed by atoms with Crippen molar-refractivity contribution in [3.05, 3.63) is 134 Å². The number of rotatable bonds is 16. The number of aliphatic hydroxyl groups excluding tert-OH is 1. The molecule has 74 heavy (non-hydrogen) atoms. The Balaban J connectivity index is 0.000000211. The third kappa shape index (κ3) is 16.4. The topological polar surface area (TPSA) is 175 Å². The minimum Gasteiger partial charge on any atom is -0.469 e. The lowest BCUT2D eigenvalue weighted by atomic mass is 9.82. The molecular formula is C56H68BrN9O6S2. The molecule has 6 aromatic rings. The number of halogens is 1. The van der Waals surface area contributed by atoms with Crippen molar-refractivity contribution in [1.29, 1.82) is 0 Å². The maximum Gasteiger partial charge on any atom is 0.309 e. The molecular weight excluding hydrogens is 1040 g/mol. The second-order valence-corrected chi connectivity index (χ2v) is 22.2. The molecule has 1 unspecified atom stereocenters. The maximum absolute atomic E-state index is 12.9. The van der Waals surface area contributed by atoms with Gasteiger partial charge in [0.05, 0.1) is 26.4 Å². The summed E-state index contributed by atoms with van der Waals surface area (Å²) >= 11 is 6.26. The first-order chi connectivity index (χ1) is 36.1. The normalized spacial score (nSPS) is 17.7. The van der Waals surface area contributed by atoms with Crippen LogP contribution in [0.15, 0.2) is 102 Å².